The van der Waals surface area contributed by atoms with Crippen LogP contribution >= 0.6 is 0 Å². The average molecular weight is 362 g/mol. The summed E-state index contributed by atoms with van der Waals surface area (Å²) in [4.78, 5) is 15.4. The zero-order valence-corrected chi connectivity index (χ0v) is 15.3. The highest BCUT2D eigenvalue weighted by Gasteiger charge is 2.34. The number of fused-ring (bicyclic) bond motifs is 2. The van der Waals surface area contributed by atoms with Crippen molar-refractivity contribution in [3.63, 3.8) is 0 Å². The third-order valence-corrected chi connectivity index (χ3v) is 5.81. The number of rotatable bonds is 2. The number of nitrogens with zero attached hydrogens (tertiary/aromatic N) is 6. The van der Waals surface area contributed by atoms with E-state index in [1.807, 2.05) is 34.8 Å². The molecule has 2 atom stereocenters. The molecule has 7 nitrogen and oxygen atoms in total. The number of amides is 1. The van der Waals surface area contributed by atoms with Gasteiger partial charge in [0.25, 0.3) is 0 Å². The van der Waals surface area contributed by atoms with Crippen molar-refractivity contribution < 1.29 is 4.79 Å². The minimum atomic E-state index is -0.0178. The molecule has 1 amide bonds. The molecule has 27 heavy (non-hydrogen) atoms. The second-order valence-electron chi connectivity index (χ2n) is 7.43. The van der Waals surface area contributed by atoms with Gasteiger partial charge in [0.2, 0.25) is 5.91 Å². The molecule has 0 saturated heterocycles. The van der Waals surface area contributed by atoms with Crippen molar-refractivity contribution in [1.29, 1.82) is 0 Å². The van der Waals surface area contributed by atoms with E-state index in [-0.39, 0.29) is 17.9 Å². The molecule has 0 saturated carbocycles. The number of carbonyl (C=O) groups is 1. The smallest absolute Gasteiger partial charge is 0.227 e. The summed E-state index contributed by atoms with van der Waals surface area (Å²) in [6, 6.07) is 10.4. The molecule has 4 heterocycles. The molecule has 2 aromatic heterocycles. The van der Waals surface area contributed by atoms with Crippen LogP contribution in [0, 0.1) is 12.8 Å². The molecule has 0 fully saturated rings. The van der Waals surface area contributed by atoms with E-state index < -0.39 is 0 Å². The first-order chi connectivity index (χ1) is 13.2. The molecule has 5 rings (SSSR count). The number of carbonyl (C=O) groups excluding carboxylic acids is 1. The van der Waals surface area contributed by atoms with E-state index in [0.717, 1.165) is 24.5 Å². The van der Waals surface area contributed by atoms with Gasteiger partial charge in [-0.05, 0) is 30.5 Å². The SMILES string of the molecule is Cc1nnc2n1C[C@@H](C(=O)N1Cc3ccccc3[C@@H](n3cccn3)C1)CC2. The third kappa shape index (κ3) is 2.74. The Morgan fingerprint density at radius 2 is 2.04 bits per heavy atom. The highest BCUT2D eigenvalue weighted by atomic mass is 16.2. The van der Waals surface area contributed by atoms with Crippen molar-refractivity contribution in [1.82, 2.24) is 29.4 Å². The molecule has 0 N–H and O–H groups in total. The summed E-state index contributed by atoms with van der Waals surface area (Å²) < 4.78 is 4.05. The van der Waals surface area contributed by atoms with E-state index in [1.54, 1.807) is 6.20 Å². The lowest BCUT2D eigenvalue weighted by Crippen LogP contribution is -2.45. The predicted octanol–water partition coefficient (Wildman–Crippen LogP) is 1.98. The number of hydrogen-bond donors (Lipinski definition) is 0. The molecule has 0 unspecified atom stereocenters. The van der Waals surface area contributed by atoms with Crippen LogP contribution in [-0.2, 0) is 24.3 Å². The van der Waals surface area contributed by atoms with Crippen LogP contribution in [0.3, 0.4) is 0 Å². The van der Waals surface area contributed by atoms with Crippen molar-refractivity contribution in [2.24, 2.45) is 5.92 Å². The van der Waals surface area contributed by atoms with Crippen LogP contribution in [0.4, 0.5) is 0 Å². The number of aromatic nitrogens is 5. The van der Waals surface area contributed by atoms with Crippen LogP contribution in [0.2, 0.25) is 0 Å². The molecular weight excluding hydrogens is 340 g/mol. The summed E-state index contributed by atoms with van der Waals surface area (Å²) in [6.45, 7) is 3.95. The van der Waals surface area contributed by atoms with E-state index >= 15 is 0 Å². The van der Waals surface area contributed by atoms with Crippen LogP contribution in [0.15, 0.2) is 42.7 Å². The summed E-state index contributed by atoms with van der Waals surface area (Å²) in [5, 5.41) is 12.8. The molecule has 1 aromatic carbocycles. The standard InChI is InChI=1S/C20H22N6O/c1-14-22-23-19-8-7-16(12-25(14)19)20(27)24-11-15-5-2-3-6-17(15)18(13-24)26-10-4-9-21-26/h2-6,9-10,16,18H,7-8,11-13H2,1H3/t16-,18-/m0/s1. The van der Waals surface area contributed by atoms with Gasteiger partial charge in [0.1, 0.15) is 11.6 Å². The van der Waals surface area contributed by atoms with Gasteiger partial charge in [-0.1, -0.05) is 24.3 Å². The Balaban J connectivity index is 1.43. The van der Waals surface area contributed by atoms with E-state index in [0.29, 0.717) is 19.6 Å². The molecule has 0 radical (unpaired) electrons. The first kappa shape index (κ1) is 16.2. The predicted molar refractivity (Wildman–Crippen MR) is 98.8 cm³/mol. The summed E-state index contributed by atoms with van der Waals surface area (Å²) in [5.74, 6) is 2.09. The molecule has 7 heteroatoms. The van der Waals surface area contributed by atoms with Gasteiger partial charge in [-0.25, -0.2) is 0 Å². The zero-order chi connectivity index (χ0) is 18.4. The fraction of sp³-hybridized carbons (Fsp3) is 0.400. The third-order valence-electron chi connectivity index (χ3n) is 5.81. The van der Waals surface area contributed by atoms with Gasteiger partial charge in [0.15, 0.2) is 0 Å². The Bertz CT molecular complexity index is 976. The maximum atomic E-state index is 13.4. The van der Waals surface area contributed by atoms with Crippen LogP contribution in [0.1, 0.15) is 35.2 Å². The van der Waals surface area contributed by atoms with Crippen LogP contribution in [0.25, 0.3) is 0 Å². The molecule has 3 aromatic rings. The fourth-order valence-corrected chi connectivity index (χ4v) is 4.36. The largest absolute Gasteiger partial charge is 0.336 e. The van der Waals surface area contributed by atoms with Crippen molar-refractivity contribution in [3.05, 3.63) is 65.5 Å². The minimum absolute atomic E-state index is 0.0178. The number of aryl methyl sites for hydroxylation is 2. The van der Waals surface area contributed by atoms with Crippen molar-refractivity contribution >= 4 is 5.91 Å². The highest BCUT2D eigenvalue weighted by molar-refractivity contribution is 5.79. The van der Waals surface area contributed by atoms with Crippen molar-refractivity contribution in [3.8, 4) is 0 Å². The molecular formula is C20H22N6O. The van der Waals surface area contributed by atoms with E-state index in [9.17, 15) is 4.79 Å². The molecule has 2 aliphatic rings. The summed E-state index contributed by atoms with van der Waals surface area (Å²) in [7, 11) is 0. The Morgan fingerprint density at radius 3 is 2.89 bits per heavy atom. The van der Waals surface area contributed by atoms with Gasteiger partial charge < -0.3 is 9.47 Å². The first-order valence-electron chi connectivity index (χ1n) is 9.45. The normalized spacial score (nSPS) is 21.6. The molecule has 138 valence electrons. The maximum absolute atomic E-state index is 13.4. The summed E-state index contributed by atoms with van der Waals surface area (Å²) in [6.07, 6.45) is 5.41. The van der Waals surface area contributed by atoms with Gasteiger partial charge in [-0.3, -0.25) is 9.48 Å². The van der Waals surface area contributed by atoms with Crippen molar-refractivity contribution in [2.45, 2.75) is 38.9 Å². The summed E-state index contributed by atoms with van der Waals surface area (Å²) >= 11 is 0. The molecule has 0 aliphatic carbocycles. The summed E-state index contributed by atoms with van der Waals surface area (Å²) in [5.41, 5.74) is 2.46. The lowest BCUT2D eigenvalue weighted by molar-refractivity contribution is -0.138. The van der Waals surface area contributed by atoms with E-state index in [1.165, 1.54) is 11.1 Å². The van der Waals surface area contributed by atoms with Crippen LogP contribution in [0.5, 0.6) is 0 Å². The Morgan fingerprint density at radius 1 is 1.15 bits per heavy atom. The van der Waals surface area contributed by atoms with Crippen LogP contribution < -0.4 is 0 Å². The fourth-order valence-electron chi connectivity index (χ4n) is 4.36. The van der Waals surface area contributed by atoms with E-state index in [2.05, 4.69) is 38.1 Å². The lowest BCUT2D eigenvalue weighted by atomic mass is 9.92. The van der Waals surface area contributed by atoms with Gasteiger partial charge in [-0.2, -0.15) is 5.10 Å². The Labute approximate surface area is 157 Å². The van der Waals surface area contributed by atoms with Crippen molar-refractivity contribution in [2.75, 3.05) is 6.54 Å². The van der Waals surface area contributed by atoms with Crippen LogP contribution in [-0.4, -0.2) is 41.9 Å². The average Bonchev–Trinajstić information content (AvgIpc) is 3.37. The number of hydrogen-bond acceptors (Lipinski definition) is 4. The Hall–Kier alpha value is -2.96. The van der Waals surface area contributed by atoms with Gasteiger partial charge in [0, 0.05) is 38.4 Å². The van der Waals surface area contributed by atoms with E-state index in [4.69, 9.17) is 0 Å². The molecule has 2 aliphatic heterocycles. The molecule has 0 spiro atoms. The molecule has 0 bridgehead atoms. The van der Waals surface area contributed by atoms with Gasteiger partial charge in [-0.15, -0.1) is 10.2 Å². The zero-order valence-electron chi connectivity index (χ0n) is 15.3. The topological polar surface area (TPSA) is 68.8 Å². The monoisotopic (exact) mass is 362 g/mol. The number of benzene rings is 1. The first-order valence-corrected chi connectivity index (χ1v) is 9.45. The highest BCUT2D eigenvalue weighted by Crippen LogP contribution is 2.31. The van der Waals surface area contributed by atoms with Gasteiger partial charge in [0.05, 0.1) is 12.0 Å². The quantitative estimate of drug-likeness (QED) is 0.699. The Kier molecular flexibility index (Phi) is 3.81. The van der Waals surface area contributed by atoms with Gasteiger partial charge >= 0.3 is 0 Å². The second-order valence-corrected chi connectivity index (χ2v) is 7.43. The minimum Gasteiger partial charge on any atom is -0.336 e. The maximum Gasteiger partial charge on any atom is 0.227 e. The lowest BCUT2D eigenvalue weighted by Gasteiger charge is -2.37. The second kappa shape index (κ2) is 6.33.